The summed E-state index contributed by atoms with van der Waals surface area (Å²) < 4.78 is 3.92. The summed E-state index contributed by atoms with van der Waals surface area (Å²) in [4.78, 5) is 12.8. The molecule has 0 unspecified atom stereocenters. The molecule has 1 aromatic rings. The van der Waals surface area contributed by atoms with Gasteiger partial charge in [0.2, 0.25) is 0 Å². The first kappa shape index (κ1) is 12.5. The molecule has 1 aliphatic carbocycles. The quantitative estimate of drug-likeness (QED) is 0.881. The van der Waals surface area contributed by atoms with Crippen LogP contribution < -0.4 is 5.32 Å². The molecule has 0 radical (unpaired) electrons. The standard InChI is InChI=1S/C12H19N3OS/c1-12(2,3)10-9(17-15-14-10)11(16)13-8-6-4-5-7-8/h8H,4-7H2,1-3H3,(H,13,16). The van der Waals surface area contributed by atoms with Gasteiger partial charge >= 0.3 is 0 Å². The summed E-state index contributed by atoms with van der Waals surface area (Å²) in [7, 11) is 0. The van der Waals surface area contributed by atoms with Gasteiger partial charge in [0.25, 0.3) is 5.91 Å². The third-order valence-corrected chi connectivity index (χ3v) is 3.82. The Kier molecular flexibility index (Phi) is 3.47. The number of rotatable bonds is 2. The molecule has 1 saturated carbocycles. The highest BCUT2D eigenvalue weighted by Gasteiger charge is 2.27. The van der Waals surface area contributed by atoms with Crippen LogP contribution in [0.15, 0.2) is 0 Å². The molecule has 0 bridgehead atoms. The second kappa shape index (κ2) is 4.72. The number of carbonyl (C=O) groups is 1. The molecule has 0 saturated heterocycles. The van der Waals surface area contributed by atoms with Crippen molar-refractivity contribution in [1.29, 1.82) is 0 Å². The minimum absolute atomic E-state index is 0.00294. The Bertz CT molecular complexity index is 402. The van der Waals surface area contributed by atoms with Crippen LogP contribution in [-0.2, 0) is 5.41 Å². The lowest BCUT2D eigenvalue weighted by Gasteiger charge is -2.17. The molecule has 0 aliphatic heterocycles. The highest BCUT2D eigenvalue weighted by molar-refractivity contribution is 7.08. The fraction of sp³-hybridized carbons (Fsp3) is 0.750. The number of hydrogen-bond acceptors (Lipinski definition) is 4. The lowest BCUT2D eigenvalue weighted by Crippen LogP contribution is -2.33. The molecule has 1 N–H and O–H groups in total. The number of nitrogens with zero attached hydrogens (tertiary/aromatic N) is 2. The Balaban J connectivity index is 2.11. The Morgan fingerprint density at radius 2 is 2.00 bits per heavy atom. The van der Waals surface area contributed by atoms with Crippen molar-refractivity contribution >= 4 is 17.4 Å². The van der Waals surface area contributed by atoms with E-state index < -0.39 is 0 Å². The maximum atomic E-state index is 12.1. The van der Waals surface area contributed by atoms with Gasteiger partial charge in [-0.15, -0.1) is 5.10 Å². The first-order valence-corrected chi connectivity index (χ1v) is 6.89. The van der Waals surface area contributed by atoms with E-state index in [2.05, 4.69) is 35.7 Å². The molecule has 0 aromatic carbocycles. The summed E-state index contributed by atoms with van der Waals surface area (Å²) in [6.07, 6.45) is 4.64. The second-order valence-electron chi connectivity index (χ2n) is 5.66. The van der Waals surface area contributed by atoms with Crippen molar-refractivity contribution in [3.63, 3.8) is 0 Å². The average molecular weight is 253 g/mol. The largest absolute Gasteiger partial charge is 0.349 e. The van der Waals surface area contributed by atoms with Crippen LogP contribution in [0.1, 0.15) is 61.8 Å². The van der Waals surface area contributed by atoms with Gasteiger partial charge in [-0.3, -0.25) is 4.79 Å². The molecule has 4 nitrogen and oxygen atoms in total. The number of aromatic nitrogens is 2. The summed E-state index contributed by atoms with van der Waals surface area (Å²) in [6, 6.07) is 0.345. The third kappa shape index (κ3) is 2.83. The third-order valence-electron chi connectivity index (χ3n) is 3.10. The summed E-state index contributed by atoms with van der Waals surface area (Å²) in [5.41, 5.74) is 0.674. The van der Waals surface area contributed by atoms with Gasteiger partial charge in [-0.05, 0) is 24.4 Å². The smallest absolute Gasteiger partial charge is 0.265 e. The zero-order chi connectivity index (χ0) is 12.5. The predicted octanol–water partition coefficient (Wildman–Crippen LogP) is 2.51. The van der Waals surface area contributed by atoms with Gasteiger partial charge in [0.05, 0.1) is 5.69 Å². The molecule has 94 valence electrons. The number of nitrogens with one attached hydrogen (secondary N) is 1. The van der Waals surface area contributed by atoms with Crippen LogP contribution in [0.3, 0.4) is 0 Å². The van der Waals surface area contributed by atoms with E-state index >= 15 is 0 Å². The Hall–Kier alpha value is -0.970. The SMILES string of the molecule is CC(C)(C)c1nnsc1C(=O)NC1CCCC1. The van der Waals surface area contributed by atoms with Gasteiger partial charge in [-0.1, -0.05) is 38.1 Å². The topological polar surface area (TPSA) is 54.9 Å². The molecule has 0 atom stereocenters. The van der Waals surface area contributed by atoms with Gasteiger partial charge in [-0.2, -0.15) is 0 Å². The molecule has 5 heteroatoms. The fourth-order valence-corrected chi connectivity index (χ4v) is 2.93. The first-order chi connectivity index (χ1) is 7.98. The van der Waals surface area contributed by atoms with E-state index in [4.69, 9.17) is 0 Å². The highest BCUT2D eigenvalue weighted by Crippen LogP contribution is 2.26. The van der Waals surface area contributed by atoms with Crippen molar-refractivity contribution in [1.82, 2.24) is 14.9 Å². The van der Waals surface area contributed by atoms with Crippen LogP contribution in [0.25, 0.3) is 0 Å². The van der Waals surface area contributed by atoms with E-state index in [1.807, 2.05) is 0 Å². The molecule has 1 amide bonds. The molecular weight excluding hydrogens is 234 g/mol. The van der Waals surface area contributed by atoms with E-state index in [-0.39, 0.29) is 11.3 Å². The van der Waals surface area contributed by atoms with E-state index in [9.17, 15) is 4.79 Å². The Morgan fingerprint density at radius 1 is 1.35 bits per heavy atom. The van der Waals surface area contributed by atoms with Crippen molar-refractivity contribution in [2.45, 2.75) is 57.9 Å². The normalized spacial score (nSPS) is 17.4. The highest BCUT2D eigenvalue weighted by atomic mass is 32.1. The van der Waals surface area contributed by atoms with Crippen molar-refractivity contribution < 1.29 is 4.79 Å². The van der Waals surface area contributed by atoms with E-state index in [1.54, 1.807) is 0 Å². The first-order valence-electron chi connectivity index (χ1n) is 6.12. The molecule has 2 rings (SSSR count). The van der Waals surface area contributed by atoms with Gasteiger partial charge in [0.1, 0.15) is 4.88 Å². The maximum Gasteiger partial charge on any atom is 0.265 e. The van der Waals surface area contributed by atoms with Crippen molar-refractivity contribution in [2.75, 3.05) is 0 Å². The summed E-state index contributed by atoms with van der Waals surface area (Å²) in [6.45, 7) is 6.16. The van der Waals surface area contributed by atoms with Crippen LogP contribution in [0.4, 0.5) is 0 Å². The molecule has 1 aliphatic rings. The summed E-state index contributed by atoms with van der Waals surface area (Å²) in [5, 5.41) is 7.18. The Morgan fingerprint density at radius 3 is 2.59 bits per heavy atom. The summed E-state index contributed by atoms with van der Waals surface area (Å²) in [5.74, 6) is -0.00294. The second-order valence-corrected chi connectivity index (χ2v) is 6.41. The van der Waals surface area contributed by atoms with E-state index in [0.717, 1.165) is 18.5 Å². The van der Waals surface area contributed by atoms with Crippen LogP contribution in [-0.4, -0.2) is 21.5 Å². The van der Waals surface area contributed by atoms with Gasteiger partial charge in [0, 0.05) is 11.5 Å². The molecular formula is C12H19N3OS. The molecule has 17 heavy (non-hydrogen) atoms. The molecule has 1 fully saturated rings. The van der Waals surface area contributed by atoms with Gasteiger partial charge in [-0.25, -0.2) is 0 Å². The maximum absolute atomic E-state index is 12.1. The Labute approximate surface area is 106 Å². The minimum Gasteiger partial charge on any atom is -0.349 e. The van der Waals surface area contributed by atoms with Gasteiger partial charge in [0.15, 0.2) is 0 Å². The lowest BCUT2D eigenvalue weighted by atomic mass is 9.91. The van der Waals surface area contributed by atoms with E-state index in [0.29, 0.717) is 10.9 Å². The number of amides is 1. The minimum atomic E-state index is -0.130. The van der Waals surface area contributed by atoms with Gasteiger partial charge < -0.3 is 5.32 Å². The van der Waals surface area contributed by atoms with E-state index in [1.165, 1.54) is 24.4 Å². The number of hydrogen-bond donors (Lipinski definition) is 1. The molecule has 1 heterocycles. The monoisotopic (exact) mass is 253 g/mol. The molecule has 1 aromatic heterocycles. The lowest BCUT2D eigenvalue weighted by molar-refractivity contribution is 0.0939. The zero-order valence-corrected chi connectivity index (χ0v) is 11.4. The van der Waals surface area contributed by atoms with Crippen molar-refractivity contribution in [3.8, 4) is 0 Å². The van der Waals surface area contributed by atoms with Crippen LogP contribution in [0.5, 0.6) is 0 Å². The van der Waals surface area contributed by atoms with Crippen molar-refractivity contribution in [3.05, 3.63) is 10.6 Å². The fourth-order valence-electron chi connectivity index (χ4n) is 2.15. The number of carbonyl (C=O) groups excluding carboxylic acids is 1. The van der Waals surface area contributed by atoms with Crippen molar-refractivity contribution in [2.24, 2.45) is 0 Å². The average Bonchev–Trinajstić information content (AvgIpc) is 2.85. The zero-order valence-electron chi connectivity index (χ0n) is 10.6. The van der Waals surface area contributed by atoms with Crippen LogP contribution in [0.2, 0.25) is 0 Å². The van der Waals surface area contributed by atoms with Crippen LogP contribution >= 0.6 is 11.5 Å². The summed E-state index contributed by atoms with van der Waals surface area (Å²) >= 11 is 1.19. The van der Waals surface area contributed by atoms with Crippen LogP contribution in [0, 0.1) is 0 Å². The molecule has 0 spiro atoms. The predicted molar refractivity (Wildman–Crippen MR) is 68.3 cm³/mol.